The second-order valence-electron chi connectivity index (χ2n) is 4.89. The number of carbonyl (C=O) groups excluding carboxylic acids is 2. The number of amides is 2. The molecule has 0 aliphatic heterocycles. The van der Waals surface area contributed by atoms with Gasteiger partial charge in [-0.15, -0.1) is 0 Å². The van der Waals surface area contributed by atoms with E-state index in [0.717, 1.165) is 0 Å². The van der Waals surface area contributed by atoms with E-state index in [9.17, 15) is 14.7 Å². The topological polar surface area (TPSA) is 106 Å². The predicted octanol–water partition coefficient (Wildman–Crippen LogP) is 1.49. The summed E-state index contributed by atoms with van der Waals surface area (Å²) in [7, 11) is 4.36. The quantitative estimate of drug-likeness (QED) is 0.708. The number of hydrazine groups is 1. The fourth-order valence-corrected chi connectivity index (χ4v) is 2.02. The summed E-state index contributed by atoms with van der Waals surface area (Å²) in [6, 6.07) is 8.78. The number of phenolic OH excluding ortho intramolecular Hbond substituents is 1. The van der Waals surface area contributed by atoms with Crippen molar-refractivity contribution in [1.29, 1.82) is 0 Å². The number of methoxy groups -OCH3 is 3. The summed E-state index contributed by atoms with van der Waals surface area (Å²) in [5.74, 6) is -0.252. The normalized spacial score (nSPS) is 9.88. The Morgan fingerprint density at radius 2 is 1.36 bits per heavy atom. The minimum atomic E-state index is -0.695. The number of aromatic hydroxyl groups is 1. The van der Waals surface area contributed by atoms with E-state index in [1.54, 1.807) is 6.07 Å². The first-order valence-electron chi connectivity index (χ1n) is 7.19. The van der Waals surface area contributed by atoms with Crippen LogP contribution < -0.4 is 25.1 Å². The van der Waals surface area contributed by atoms with Crippen LogP contribution in [0.3, 0.4) is 0 Å². The van der Waals surface area contributed by atoms with Crippen molar-refractivity contribution in [2.45, 2.75) is 0 Å². The molecule has 8 heteroatoms. The Hall–Kier alpha value is -3.42. The molecule has 2 aromatic rings. The molecule has 0 radical (unpaired) electrons. The molecule has 0 unspecified atom stereocenters. The number of carbonyl (C=O) groups is 2. The zero-order valence-electron chi connectivity index (χ0n) is 14.0. The van der Waals surface area contributed by atoms with Crippen LogP contribution >= 0.6 is 0 Å². The summed E-state index contributed by atoms with van der Waals surface area (Å²) in [5.41, 5.74) is 4.68. The largest absolute Gasteiger partial charge is 0.507 e. The summed E-state index contributed by atoms with van der Waals surface area (Å²) in [5, 5.41) is 9.76. The van der Waals surface area contributed by atoms with Crippen LogP contribution in [0.15, 0.2) is 36.4 Å². The number of rotatable bonds is 5. The molecule has 2 aromatic carbocycles. The highest BCUT2D eigenvalue weighted by Gasteiger charge is 2.15. The van der Waals surface area contributed by atoms with E-state index in [1.807, 2.05) is 0 Å². The van der Waals surface area contributed by atoms with Crippen molar-refractivity contribution in [2.24, 2.45) is 0 Å². The summed E-state index contributed by atoms with van der Waals surface area (Å²) in [6.45, 7) is 0. The lowest BCUT2D eigenvalue weighted by molar-refractivity contribution is 0.0844. The van der Waals surface area contributed by atoms with Gasteiger partial charge >= 0.3 is 0 Å². The van der Waals surface area contributed by atoms with Gasteiger partial charge in [0.1, 0.15) is 23.0 Å². The Morgan fingerprint density at radius 3 is 1.92 bits per heavy atom. The van der Waals surface area contributed by atoms with Crippen molar-refractivity contribution in [3.8, 4) is 23.0 Å². The number of phenols is 1. The van der Waals surface area contributed by atoms with Crippen molar-refractivity contribution in [3.63, 3.8) is 0 Å². The van der Waals surface area contributed by atoms with E-state index in [0.29, 0.717) is 17.2 Å². The second-order valence-corrected chi connectivity index (χ2v) is 4.89. The minimum absolute atomic E-state index is 0.0390. The van der Waals surface area contributed by atoms with Crippen molar-refractivity contribution < 1.29 is 28.9 Å². The maximum Gasteiger partial charge on any atom is 0.273 e. The van der Waals surface area contributed by atoms with E-state index in [-0.39, 0.29) is 16.9 Å². The molecule has 2 rings (SSSR count). The molecule has 0 aliphatic carbocycles. The fourth-order valence-electron chi connectivity index (χ4n) is 2.02. The Labute approximate surface area is 144 Å². The molecule has 0 aromatic heterocycles. The molecular formula is C17H18N2O6. The van der Waals surface area contributed by atoms with Gasteiger partial charge in [0, 0.05) is 11.6 Å². The molecule has 25 heavy (non-hydrogen) atoms. The predicted molar refractivity (Wildman–Crippen MR) is 89.1 cm³/mol. The summed E-state index contributed by atoms with van der Waals surface area (Å²) < 4.78 is 15.2. The third-order valence-corrected chi connectivity index (χ3v) is 3.35. The Kier molecular flexibility index (Phi) is 5.67. The van der Waals surface area contributed by atoms with Crippen LogP contribution in [0.4, 0.5) is 0 Å². The van der Waals surface area contributed by atoms with Gasteiger partial charge in [-0.25, -0.2) is 0 Å². The Balaban J connectivity index is 2.11. The monoisotopic (exact) mass is 346 g/mol. The summed E-state index contributed by atoms with van der Waals surface area (Å²) >= 11 is 0. The molecule has 2 amide bonds. The smallest absolute Gasteiger partial charge is 0.273 e. The molecule has 0 saturated heterocycles. The van der Waals surface area contributed by atoms with Crippen LogP contribution in [-0.2, 0) is 0 Å². The van der Waals surface area contributed by atoms with Gasteiger partial charge in [-0.1, -0.05) is 0 Å². The molecule has 8 nitrogen and oxygen atoms in total. The summed E-state index contributed by atoms with van der Waals surface area (Å²) in [6.07, 6.45) is 0. The van der Waals surface area contributed by atoms with Crippen LogP contribution in [0.1, 0.15) is 20.7 Å². The third kappa shape index (κ3) is 4.31. The van der Waals surface area contributed by atoms with Crippen molar-refractivity contribution in [1.82, 2.24) is 10.9 Å². The zero-order valence-corrected chi connectivity index (χ0v) is 14.0. The van der Waals surface area contributed by atoms with E-state index in [1.165, 1.54) is 51.7 Å². The fraction of sp³-hybridized carbons (Fsp3) is 0.176. The number of nitrogens with one attached hydrogen (secondary N) is 2. The third-order valence-electron chi connectivity index (χ3n) is 3.35. The van der Waals surface area contributed by atoms with Gasteiger partial charge in [0.25, 0.3) is 11.8 Å². The first kappa shape index (κ1) is 17.9. The highest BCUT2D eigenvalue weighted by Crippen LogP contribution is 2.23. The van der Waals surface area contributed by atoms with Gasteiger partial charge in [-0.2, -0.15) is 0 Å². The minimum Gasteiger partial charge on any atom is -0.507 e. The molecule has 0 bridgehead atoms. The molecule has 0 spiro atoms. The lowest BCUT2D eigenvalue weighted by Crippen LogP contribution is -2.41. The molecule has 0 aliphatic rings. The molecule has 0 fully saturated rings. The second kappa shape index (κ2) is 7.91. The van der Waals surface area contributed by atoms with Crippen molar-refractivity contribution >= 4 is 11.8 Å². The highest BCUT2D eigenvalue weighted by atomic mass is 16.5. The van der Waals surface area contributed by atoms with E-state index in [4.69, 9.17) is 14.2 Å². The zero-order chi connectivity index (χ0) is 18.4. The lowest BCUT2D eigenvalue weighted by Gasteiger charge is -2.11. The first-order chi connectivity index (χ1) is 12.0. The standard InChI is InChI=1S/C17H18N2O6/c1-23-11-4-5-15(20)14(9-11)17(22)19-18-16(21)10-6-12(24-2)8-13(7-10)25-3/h4-9,20H,1-3H3,(H,18,21)(H,19,22). The highest BCUT2D eigenvalue weighted by molar-refractivity contribution is 6.00. The van der Waals surface area contributed by atoms with Crippen LogP contribution in [0.25, 0.3) is 0 Å². The maximum absolute atomic E-state index is 12.2. The number of hydrogen-bond acceptors (Lipinski definition) is 6. The van der Waals surface area contributed by atoms with Crippen molar-refractivity contribution in [3.05, 3.63) is 47.5 Å². The lowest BCUT2D eigenvalue weighted by atomic mass is 10.2. The Bertz CT molecular complexity index is 768. The molecule has 0 atom stereocenters. The molecule has 0 heterocycles. The molecular weight excluding hydrogens is 328 g/mol. The number of benzene rings is 2. The van der Waals surface area contributed by atoms with Gasteiger partial charge in [0.05, 0.1) is 26.9 Å². The van der Waals surface area contributed by atoms with Gasteiger partial charge in [0.15, 0.2) is 0 Å². The van der Waals surface area contributed by atoms with Crippen molar-refractivity contribution in [2.75, 3.05) is 21.3 Å². The molecule has 132 valence electrons. The maximum atomic E-state index is 12.2. The van der Waals surface area contributed by atoms with Gasteiger partial charge in [-0.05, 0) is 30.3 Å². The average Bonchev–Trinajstić information content (AvgIpc) is 2.65. The van der Waals surface area contributed by atoms with Crippen LogP contribution in [-0.4, -0.2) is 38.3 Å². The SMILES string of the molecule is COc1cc(OC)cc(C(=O)NNC(=O)c2cc(OC)ccc2O)c1. The first-order valence-corrected chi connectivity index (χ1v) is 7.19. The van der Waals surface area contributed by atoms with Gasteiger partial charge in [-0.3, -0.25) is 20.4 Å². The van der Waals surface area contributed by atoms with E-state index < -0.39 is 11.8 Å². The van der Waals surface area contributed by atoms with Crippen LogP contribution in [0.5, 0.6) is 23.0 Å². The Morgan fingerprint density at radius 1 is 0.800 bits per heavy atom. The van der Waals surface area contributed by atoms with Crippen LogP contribution in [0, 0.1) is 0 Å². The van der Waals surface area contributed by atoms with E-state index >= 15 is 0 Å². The van der Waals surface area contributed by atoms with Gasteiger partial charge < -0.3 is 19.3 Å². The van der Waals surface area contributed by atoms with Gasteiger partial charge in [0.2, 0.25) is 0 Å². The molecule has 3 N–H and O–H groups in total. The molecule has 0 saturated carbocycles. The number of ether oxygens (including phenoxy) is 3. The average molecular weight is 346 g/mol. The number of hydrogen-bond donors (Lipinski definition) is 3. The summed E-state index contributed by atoms with van der Waals surface area (Å²) in [4.78, 5) is 24.3. The van der Waals surface area contributed by atoms with Crippen LogP contribution in [0.2, 0.25) is 0 Å². The van der Waals surface area contributed by atoms with E-state index in [2.05, 4.69) is 10.9 Å².